The van der Waals surface area contributed by atoms with Crippen LogP contribution in [-0.2, 0) is 27.8 Å². The molecule has 0 spiro atoms. The molecule has 0 radical (unpaired) electrons. The van der Waals surface area contributed by atoms with E-state index in [2.05, 4.69) is 16.6 Å². The number of nitrogens with one attached hydrogen (secondary N) is 1. The van der Waals surface area contributed by atoms with Crippen molar-refractivity contribution in [3.63, 3.8) is 0 Å². The summed E-state index contributed by atoms with van der Waals surface area (Å²) in [6.07, 6.45) is 1.47. The zero-order valence-electron chi connectivity index (χ0n) is 22.4. The van der Waals surface area contributed by atoms with Crippen molar-refractivity contribution in [3.8, 4) is 29.1 Å². The van der Waals surface area contributed by atoms with Gasteiger partial charge in [0.05, 0.1) is 10.5 Å². The van der Waals surface area contributed by atoms with Gasteiger partial charge in [-0.2, -0.15) is 4.72 Å². The summed E-state index contributed by atoms with van der Waals surface area (Å²) in [5.74, 6) is 4.55. The largest absolute Gasteiger partial charge is 0.481 e. The maximum Gasteiger partial charge on any atom is 0.335 e. The molecule has 0 aliphatic carbocycles. The van der Waals surface area contributed by atoms with Gasteiger partial charge in [0.25, 0.3) is 0 Å². The Labute approximate surface area is 241 Å². The second-order valence-electron chi connectivity index (χ2n) is 9.41. The molecule has 3 N–H and O–H groups in total. The van der Waals surface area contributed by atoms with Gasteiger partial charge in [-0.05, 0) is 72.6 Å². The first-order chi connectivity index (χ1) is 20.1. The van der Waals surface area contributed by atoms with Crippen molar-refractivity contribution in [3.05, 3.63) is 83.6 Å². The van der Waals surface area contributed by atoms with Crippen molar-refractivity contribution in [1.82, 2.24) is 9.29 Å². The Bertz CT molecular complexity index is 1830. The summed E-state index contributed by atoms with van der Waals surface area (Å²) in [5, 5.41) is 20.0. The van der Waals surface area contributed by atoms with Crippen LogP contribution in [0.2, 0.25) is 0 Å². The van der Waals surface area contributed by atoms with Gasteiger partial charge in [-0.15, -0.1) is 5.92 Å². The molecule has 42 heavy (non-hydrogen) atoms. The fourth-order valence-electron chi connectivity index (χ4n) is 4.59. The minimum atomic E-state index is -4.23. The Kier molecular flexibility index (Phi) is 8.06. The summed E-state index contributed by atoms with van der Waals surface area (Å²) in [6.45, 7) is 2.31. The number of benzene rings is 3. The SMILES string of the molecule is CC#CCOc1ccc(S(=O)(=O)N[C@@H](Cc2cn(Cc3ccc4c(c3)OCO4)c3ccc(C(=O)O)cc23)C(=O)O)cc1. The molecule has 0 fully saturated rings. The third kappa shape index (κ3) is 6.17. The van der Waals surface area contributed by atoms with Crippen LogP contribution in [0.3, 0.4) is 0 Å². The summed E-state index contributed by atoms with van der Waals surface area (Å²) in [5.41, 5.74) is 2.01. The molecule has 4 aromatic rings. The number of hydrogen-bond acceptors (Lipinski definition) is 7. The van der Waals surface area contributed by atoms with Crippen LogP contribution in [0.5, 0.6) is 17.2 Å². The molecule has 1 aliphatic rings. The van der Waals surface area contributed by atoms with E-state index in [1.165, 1.54) is 36.4 Å². The summed E-state index contributed by atoms with van der Waals surface area (Å²) in [4.78, 5) is 23.8. The number of carboxylic acid groups (broad SMARTS) is 2. The Morgan fingerprint density at radius 2 is 1.81 bits per heavy atom. The van der Waals surface area contributed by atoms with Crippen molar-refractivity contribution in [2.45, 2.75) is 30.8 Å². The molecule has 5 rings (SSSR count). The van der Waals surface area contributed by atoms with Crippen LogP contribution >= 0.6 is 0 Å². The van der Waals surface area contributed by atoms with Gasteiger partial charge in [-0.25, -0.2) is 13.2 Å². The lowest BCUT2D eigenvalue weighted by Gasteiger charge is -2.15. The third-order valence-corrected chi connectivity index (χ3v) is 8.13. The van der Waals surface area contributed by atoms with Crippen LogP contribution < -0.4 is 18.9 Å². The molecular weight excluding hydrogens is 564 g/mol. The molecule has 0 saturated heterocycles. The number of rotatable bonds is 11. The average Bonchev–Trinajstić information content (AvgIpc) is 3.57. The highest BCUT2D eigenvalue weighted by Gasteiger charge is 2.27. The van der Waals surface area contributed by atoms with Crippen LogP contribution in [0.25, 0.3) is 10.9 Å². The molecule has 1 aliphatic heterocycles. The van der Waals surface area contributed by atoms with Crippen LogP contribution in [0.4, 0.5) is 0 Å². The number of ether oxygens (including phenoxy) is 3. The van der Waals surface area contributed by atoms with E-state index in [4.69, 9.17) is 14.2 Å². The van der Waals surface area contributed by atoms with Crippen LogP contribution in [0.15, 0.2) is 71.8 Å². The van der Waals surface area contributed by atoms with Crippen molar-refractivity contribution in [2.75, 3.05) is 13.4 Å². The van der Waals surface area contributed by atoms with Gasteiger partial charge in [-0.1, -0.05) is 12.0 Å². The monoisotopic (exact) mass is 590 g/mol. The number of aromatic nitrogens is 1. The van der Waals surface area contributed by atoms with Gasteiger partial charge < -0.3 is 29.0 Å². The Balaban J connectivity index is 1.43. The number of fused-ring (bicyclic) bond motifs is 2. The number of hydrogen-bond donors (Lipinski definition) is 3. The second kappa shape index (κ2) is 11.9. The third-order valence-electron chi connectivity index (χ3n) is 6.64. The van der Waals surface area contributed by atoms with Gasteiger partial charge in [0.1, 0.15) is 18.4 Å². The van der Waals surface area contributed by atoms with Crippen LogP contribution in [0.1, 0.15) is 28.4 Å². The lowest BCUT2D eigenvalue weighted by atomic mass is 10.0. The number of nitrogens with zero attached hydrogens (tertiary/aromatic N) is 1. The molecule has 12 heteroatoms. The predicted molar refractivity (Wildman–Crippen MR) is 151 cm³/mol. The smallest absolute Gasteiger partial charge is 0.335 e. The zero-order valence-corrected chi connectivity index (χ0v) is 23.2. The molecule has 216 valence electrons. The fourth-order valence-corrected chi connectivity index (χ4v) is 5.78. The molecule has 2 heterocycles. The van der Waals surface area contributed by atoms with E-state index in [9.17, 15) is 28.2 Å². The first-order valence-corrected chi connectivity index (χ1v) is 14.2. The van der Waals surface area contributed by atoms with E-state index in [-0.39, 0.29) is 30.3 Å². The summed E-state index contributed by atoms with van der Waals surface area (Å²) in [7, 11) is -4.23. The van der Waals surface area contributed by atoms with Gasteiger partial charge in [0, 0.05) is 30.1 Å². The highest BCUT2D eigenvalue weighted by atomic mass is 32.2. The standard InChI is InChI=1S/C30H26N2O9S/c1-2-3-12-39-22-6-8-23(9-7-22)42(37,38)31-25(30(35)36)15-21-17-32(26-10-5-20(29(33)34)14-24(21)26)16-19-4-11-27-28(13-19)41-18-40-27/h4-11,13-14,17,25,31H,12,15-16,18H2,1H3,(H,33,34)(H,35,36)/t25-/m0/s1. The molecule has 0 unspecified atom stereocenters. The van der Waals surface area contributed by atoms with Gasteiger partial charge >= 0.3 is 11.9 Å². The summed E-state index contributed by atoms with van der Waals surface area (Å²) < 4.78 is 46.6. The first-order valence-electron chi connectivity index (χ1n) is 12.8. The van der Waals surface area contributed by atoms with Crippen LogP contribution in [0, 0.1) is 11.8 Å². The number of carbonyl (C=O) groups is 2. The number of aromatic carboxylic acids is 1. The van der Waals surface area contributed by atoms with Crippen molar-refractivity contribution in [1.29, 1.82) is 0 Å². The van der Waals surface area contributed by atoms with E-state index >= 15 is 0 Å². The Morgan fingerprint density at radius 3 is 2.52 bits per heavy atom. The summed E-state index contributed by atoms with van der Waals surface area (Å²) in [6, 6.07) is 14.1. The molecule has 3 aromatic carbocycles. The van der Waals surface area contributed by atoms with Gasteiger partial charge in [0.2, 0.25) is 16.8 Å². The predicted octanol–water partition coefficient (Wildman–Crippen LogP) is 3.49. The van der Waals surface area contributed by atoms with E-state index in [1.54, 1.807) is 25.3 Å². The molecular formula is C30H26N2O9S. The minimum Gasteiger partial charge on any atom is -0.481 e. The van der Waals surface area contributed by atoms with Crippen molar-refractivity contribution >= 4 is 32.9 Å². The maximum absolute atomic E-state index is 13.1. The topological polar surface area (TPSA) is 153 Å². The fraction of sp³-hybridized carbons (Fsp3) is 0.200. The highest BCUT2D eigenvalue weighted by molar-refractivity contribution is 7.89. The molecule has 1 atom stereocenters. The molecule has 1 aromatic heterocycles. The molecule has 0 amide bonds. The zero-order chi connectivity index (χ0) is 29.9. The van der Waals surface area contributed by atoms with E-state index in [1.807, 2.05) is 16.7 Å². The Morgan fingerprint density at radius 1 is 1.05 bits per heavy atom. The lowest BCUT2D eigenvalue weighted by molar-refractivity contribution is -0.138. The molecule has 0 saturated carbocycles. The van der Waals surface area contributed by atoms with E-state index < -0.39 is 28.0 Å². The van der Waals surface area contributed by atoms with Gasteiger partial charge in [-0.3, -0.25) is 4.79 Å². The van der Waals surface area contributed by atoms with E-state index in [0.717, 1.165) is 5.56 Å². The average molecular weight is 591 g/mol. The van der Waals surface area contributed by atoms with Crippen molar-refractivity contribution in [2.24, 2.45) is 0 Å². The lowest BCUT2D eigenvalue weighted by Crippen LogP contribution is -2.42. The second-order valence-corrected chi connectivity index (χ2v) is 11.1. The van der Waals surface area contributed by atoms with Gasteiger partial charge in [0.15, 0.2) is 11.5 Å². The Hall–Kier alpha value is -4.99. The summed E-state index contributed by atoms with van der Waals surface area (Å²) >= 11 is 0. The quantitative estimate of drug-likeness (QED) is 0.223. The van der Waals surface area contributed by atoms with Crippen molar-refractivity contribution < 1.29 is 42.4 Å². The maximum atomic E-state index is 13.1. The number of sulfonamides is 1. The highest BCUT2D eigenvalue weighted by Crippen LogP contribution is 2.33. The first kappa shape index (κ1) is 28.5. The minimum absolute atomic E-state index is 0.0178. The molecule has 0 bridgehead atoms. The van der Waals surface area contributed by atoms with Crippen LogP contribution in [-0.4, -0.2) is 54.6 Å². The number of carboxylic acids is 2. The van der Waals surface area contributed by atoms with E-state index in [0.29, 0.717) is 40.3 Å². The number of aliphatic carboxylic acids is 1. The normalized spacial score (nSPS) is 12.9. The molecule has 11 nitrogen and oxygen atoms in total.